The van der Waals surface area contributed by atoms with Crippen LogP contribution in [0, 0.1) is 5.82 Å². The maximum absolute atomic E-state index is 14.7. The average Bonchev–Trinajstić information content (AvgIpc) is 3.31. The lowest BCUT2D eigenvalue weighted by Crippen LogP contribution is -2.40. The lowest BCUT2D eigenvalue weighted by molar-refractivity contribution is -0.139. The summed E-state index contributed by atoms with van der Waals surface area (Å²) in [5.74, 6) is -2.10. The van der Waals surface area contributed by atoms with Crippen molar-refractivity contribution in [3.63, 3.8) is 0 Å². The van der Waals surface area contributed by atoms with Gasteiger partial charge in [0.1, 0.15) is 5.82 Å². The van der Waals surface area contributed by atoms with E-state index in [0.29, 0.717) is 24.1 Å². The Kier molecular flexibility index (Phi) is 8.39. The number of aliphatic carboxylic acids is 1. The van der Waals surface area contributed by atoms with E-state index in [-0.39, 0.29) is 37.5 Å². The Morgan fingerprint density at radius 2 is 1.95 bits per heavy atom. The van der Waals surface area contributed by atoms with Crippen molar-refractivity contribution in [2.24, 2.45) is 0 Å². The third-order valence-corrected chi connectivity index (χ3v) is 6.35. The Hall–Kier alpha value is -4.64. The smallest absolute Gasteiger partial charge is 0.305 e. The molecule has 2 heterocycles. The van der Waals surface area contributed by atoms with Gasteiger partial charge in [0.2, 0.25) is 18.7 Å². The second kappa shape index (κ2) is 12.1. The molecule has 2 unspecified atom stereocenters. The summed E-state index contributed by atoms with van der Waals surface area (Å²) in [5.41, 5.74) is 4.54. The van der Waals surface area contributed by atoms with E-state index in [1.165, 1.54) is 34.3 Å². The molecule has 11 heteroatoms. The van der Waals surface area contributed by atoms with Gasteiger partial charge in [-0.05, 0) is 35.4 Å². The fourth-order valence-corrected chi connectivity index (χ4v) is 4.49. The molecule has 2 aromatic carbocycles. The highest BCUT2D eigenvalue weighted by Gasteiger charge is 2.38. The molecule has 2 atom stereocenters. The molecule has 0 aliphatic carbocycles. The van der Waals surface area contributed by atoms with Crippen LogP contribution in [0.4, 0.5) is 15.8 Å². The number of nitrogens with one attached hydrogen (secondary N) is 1. The number of anilines is 2. The van der Waals surface area contributed by atoms with Crippen LogP contribution in [0.3, 0.4) is 0 Å². The number of rotatable bonds is 12. The fourth-order valence-electron chi connectivity index (χ4n) is 4.49. The summed E-state index contributed by atoms with van der Waals surface area (Å²) in [6.07, 6.45) is 3.60. The van der Waals surface area contributed by atoms with E-state index in [0.717, 1.165) is 16.6 Å². The first-order valence-corrected chi connectivity index (χ1v) is 11.9. The van der Waals surface area contributed by atoms with Crippen molar-refractivity contribution in [2.45, 2.75) is 31.5 Å². The lowest BCUT2D eigenvalue weighted by Gasteiger charge is -2.32. The zero-order chi connectivity index (χ0) is 27.1. The summed E-state index contributed by atoms with van der Waals surface area (Å²) in [6, 6.07) is 15.1. The molecule has 10 nitrogen and oxygen atoms in total. The first kappa shape index (κ1) is 26.4. The van der Waals surface area contributed by atoms with Crippen LogP contribution in [0.1, 0.15) is 30.0 Å². The van der Waals surface area contributed by atoms with Gasteiger partial charge in [0.05, 0.1) is 24.2 Å². The minimum atomic E-state index is -1.10. The van der Waals surface area contributed by atoms with Crippen molar-refractivity contribution in [1.29, 1.82) is 0 Å². The number of hydrogen-bond donors (Lipinski definition) is 2. The Balaban J connectivity index is 1.55. The summed E-state index contributed by atoms with van der Waals surface area (Å²) >= 11 is 0. The predicted octanol–water partition coefficient (Wildman–Crippen LogP) is 2.67. The minimum Gasteiger partial charge on any atom is -0.481 e. The summed E-state index contributed by atoms with van der Waals surface area (Å²) in [5, 5.41) is 10.5. The van der Waals surface area contributed by atoms with Crippen LogP contribution in [0.2, 0.25) is 0 Å². The highest BCUT2D eigenvalue weighted by atomic mass is 19.1. The first-order valence-electron chi connectivity index (χ1n) is 11.9. The highest BCUT2D eigenvalue weighted by molar-refractivity contribution is 5.97. The Labute approximate surface area is 218 Å². The number of carboxylic acids is 1. The molecule has 1 aliphatic rings. The van der Waals surface area contributed by atoms with E-state index in [4.69, 9.17) is 0 Å². The number of amides is 3. The van der Waals surface area contributed by atoms with Gasteiger partial charge in [0, 0.05) is 37.6 Å². The van der Waals surface area contributed by atoms with Crippen LogP contribution < -0.4 is 15.3 Å². The monoisotopic (exact) mass is 519 g/mol. The van der Waals surface area contributed by atoms with Gasteiger partial charge in [-0.25, -0.2) is 14.8 Å². The number of carboxylic acid groups (broad SMARTS) is 1. The molecule has 4 rings (SSSR count). The predicted molar refractivity (Wildman–Crippen MR) is 136 cm³/mol. The molecular formula is C27H26FN5O5. The van der Waals surface area contributed by atoms with Crippen LogP contribution in [-0.2, 0) is 25.7 Å². The Morgan fingerprint density at radius 1 is 1.16 bits per heavy atom. The van der Waals surface area contributed by atoms with Crippen molar-refractivity contribution in [3.8, 4) is 0 Å². The van der Waals surface area contributed by atoms with E-state index >= 15 is 0 Å². The number of halogens is 1. The maximum atomic E-state index is 14.7. The minimum absolute atomic E-state index is 0.0501. The van der Waals surface area contributed by atoms with Crippen molar-refractivity contribution in [2.75, 3.05) is 16.5 Å². The van der Waals surface area contributed by atoms with Gasteiger partial charge in [-0.1, -0.05) is 36.4 Å². The molecule has 1 saturated heterocycles. The number of carbonyl (C=O) groups is 4. The number of hydrazine groups is 1. The normalized spacial score (nSPS) is 15.7. The average molecular weight is 520 g/mol. The summed E-state index contributed by atoms with van der Waals surface area (Å²) in [6.45, 7) is 0.332. The van der Waals surface area contributed by atoms with Crippen molar-refractivity contribution >= 4 is 36.1 Å². The largest absolute Gasteiger partial charge is 0.481 e. The van der Waals surface area contributed by atoms with Gasteiger partial charge in [0.25, 0.3) is 0 Å². The number of benzene rings is 2. The number of nitrogens with zero attached hydrogens (tertiary/aromatic N) is 4. The maximum Gasteiger partial charge on any atom is 0.305 e. The van der Waals surface area contributed by atoms with Gasteiger partial charge >= 0.3 is 5.97 Å². The first-order chi connectivity index (χ1) is 18.4. The number of aromatic nitrogens is 1. The van der Waals surface area contributed by atoms with E-state index in [9.17, 15) is 28.7 Å². The fraction of sp³-hybridized carbons (Fsp3) is 0.222. The summed E-state index contributed by atoms with van der Waals surface area (Å²) in [7, 11) is 0. The number of pyridine rings is 1. The quantitative estimate of drug-likeness (QED) is 0.279. The molecule has 1 fully saturated rings. The van der Waals surface area contributed by atoms with E-state index in [1.807, 2.05) is 30.3 Å². The molecular weight excluding hydrogens is 493 g/mol. The highest BCUT2D eigenvalue weighted by Crippen LogP contribution is 2.33. The third-order valence-electron chi connectivity index (χ3n) is 6.35. The Bertz CT molecular complexity index is 1290. The second-order valence-corrected chi connectivity index (χ2v) is 8.75. The zero-order valence-corrected chi connectivity index (χ0v) is 20.3. The number of hydrogen-bond acceptors (Lipinski definition) is 6. The summed E-state index contributed by atoms with van der Waals surface area (Å²) < 4.78 is 14.7. The van der Waals surface area contributed by atoms with Crippen molar-refractivity contribution in [3.05, 3.63) is 90.0 Å². The third kappa shape index (κ3) is 6.01. The number of carbonyl (C=O) groups excluding carboxylic acids is 3. The molecule has 0 spiro atoms. The van der Waals surface area contributed by atoms with E-state index < -0.39 is 23.9 Å². The molecule has 3 aromatic rings. The molecule has 0 saturated carbocycles. The molecule has 0 bridgehead atoms. The SMILES string of the molecule is O=CN(NCc1ccccc1)c1cc(N2CC(N(C=O)C(CC(=O)O)c3cccnc3)CC2=O)ccc1F. The van der Waals surface area contributed by atoms with Crippen LogP contribution in [0.15, 0.2) is 73.1 Å². The molecule has 1 aromatic heterocycles. The van der Waals surface area contributed by atoms with Crippen LogP contribution >= 0.6 is 0 Å². The standard InChI is InChI=1S/C27H26FN5O5/c28-23-9-8-21(11-25(23)33(18-35)30-14-19-5-2-1-3-6-19)31-16-22(12-26(31)36)32(17-34)24(13-27(37)38)20-7-4-10-29-15-20/h1-11,15,17-18,22,24,30H,12-14,16H2,(H,37,38). The lowest BCUT2D eigenvalue weighted by atomic mass is 10.0. The van der Waals surface area contributed by atoms with Crippen LogP contribution in [0.5, 0.6) is 0 Å². The zero-order valence-electron chi connectivity index (χ0n) is 20.3. The van der Waals surface area contributed by atoms with Gasteiger partial charge in [0.15, 0.2) is 0 Å². The molecule has 1 aliphatic heterocycles. The topological polar surface area (TPSA) is 123 Å². The van der Waals surface area contributed by atoms with Crippen LogP contribution in [0.25, 0.3) is 0 Å². The summed E-state index contributed by atoms with van der Waals surface area (Å²) in [4.78, 5) is 55.2. The molecule has 196 valence electrons. The van der Waals surface area contributed by atoms with Crippen molar-refractivity contribution < 1.29 is 28.7 Å². The van der Waals surface area contributed by atoms with Gasteiger partial charge in [-0.15, -0.1) is 0 Å². The van der Waals surface area contributed by atoms with Gasteiger partial charge in [-0.2, -0.15) is 0 Å². The van der Waals surface area contributed by atoms with Crippen molar-refractivity contribution in [1.82, 2.24) is 15.3 Å². The molecule has 0 radical (unpaired) electrons. The van der Waals surface area contributed by atoms with Gasteiger partial charge < -0.3 is 14.9 Å². The Morgan fingerprint density at radius 3 is 2.61 bits per heavy atom. The molecule has 38 heavy (non-hydrogen) atoms. The second-order valence-electron chi connectivity index (χ2n) is 8.75. The molecule has 2 N–H and O–H groups in total. The van der Waals surface area contributed by atoms with E-state index in [2.05, 4.69) is 10.4 Å². The van der Waals surface area contributed by atoms with Crippen LogP contribution in [-0.4, -0.2) is 52.3 Å². The van der Waals surface area contributed by atoms with Gasteiger partial charge in [-0.3, -0.25) is 24.2 Å². The molecule has 3 amide bonds. The van der Waals surface area contributed by atoms with E-state index in [1.54, 1.807) is 12.1 Å².